The second kappa shape index (κ2) is 12.5. The normalized spacial score (nSPS) is 18.3. The minimum Gasteiger partial charge on any atom is -0.394 e. The molecule has 32 heavy (non-hydrogen) atoms. The van der Waals surface area contributed by atoms with E-state index in [0.29, 0.717) is 12.8 Å². The summed E-state index contributed by atoms with van der Waals surface area (Å²) in [5.74, 6) is 0.183. The zero-order chi connectivity index (χ0) is 22.9. The fourth-order valence-electron chi connectivity index (χ4n) is 4.46. The first kappa shape index (κ1) is 24.9. The Labute approximate surface area is 195 Å². The van der Waals surface area contributed by atoms with Crippen LogP contribution in [0.15, 0.2) is 36.4 Å². The van der Waals surface area contributed by atoms with Gasteiger partial charge in [-0.2, -0.15) is 0 Å². The summed E-state index contributed by atoms with van der Waals surface area (Å²) in [5, 5.41) is 29.0. The maximum Gasteiger partial charge on any atom is 0.227 e. The number of nitrogens with zero attached hydrogens (tertiary/aromatic N) is 1. The SMILES string of the molecule is CCCCC[C@H](O)c1ccc(N2C(=O)CC[C@@H]2CCCc2ccc(C[C@@H](O)CO)s2)cc1. The number of aliphatic hydroxyl groups excluding tert-OH is 3. The van der Waals surface area contributed by atoms with Gasteiger partial charge in [-0.1, -0.05) is 38.3 Å². The third-order valence-corrected chi connectivity index (χ3v) is 7.46. The summed E-state index contributed by atoms with van der Waals surface area (Å²) in [5.41, 5.74) is 1.85. The number of anilines is 1. The van der Waals surface area contributed by atoms with Crippen LogP contribution in [0.4, 0.5) is 5.69 Å². The second-order valence-corrected chi connectivity index (χ2v) is 10.1. The number of thiophene rings is 1. The smallest absolute Gasteiger partial charge is 0.227 e. The first-order valence-electron chi connectivity index (χ1n) is 12.0. The lowest BCUT2D eigenvalue weighted by molar-refractivity contribution is -0.117. The molecule has 0 spiro atoms. The maximum atomic E-state index is 12.6. The Balaban J connectivity index is 1.53. The Morgan fingerprint density at radius 3 is 2.53 bits per heavy atom. The molecule has 1 amide bonds. The predicted octanol–water partition coefficient (Wildman–Crippen LogP) is 4.78. The highest BCUT2D eigenvalue weighted by Gasteiger charge is 2.31. The van der Waals surface area contributed by atoms with Gasteiger partial charge in [0.2, 0.25) is 5.91 Å². The predicted molar refractivity (Wildman–Crippen MR) is 130 cm³/mol. The van der Waals surface area contributed by atoms with Gasteiger partial charge in [0.15, 0.2) is 0 Å². The summed E-state index contributed by atoms with van der Waals surface area (Å²) < 4.78 is 0. The van der Waals surface area contributed by atoms with Crippen LogP contribution in [-0.2, 0) is 17.6 Å². The fraction of sp³-hybridized carbons (Fsp3) is 0.577. The first-order valence-corrected chi connectivity index (χ1v) is 12.8. The van der Waals surface area contributed by atoms with Crippen LogP contribution < -0.4 is 4.90 Å². The molecule has 3 atom stereocenters. The lowest BCUT2D eigenvalue weighted by Gasteiger charge is -2.25. The van der Waals surface area contributed by atoms with Crippen LogP contribution in [0.5, 0.6) is 0 Å². The van der Waals surface area contributed by atoms with Crippen molar-refractivity contribution in [3.63, 3.8) is 0 Å². The Hall–Kier alpha value is -1.73. The van der Waals surface area contributed by atoms with Crippen LogP contribution in [0.2, 0.25) is 0 Å². The van der Waals surface area contributed by atoms with Crippen molar-refractivity contribution in [3.05, 3.63) is 51.7 Å². The van der Waals surface area contributed by atoms with E-state index in [2.05, 4.69) is 13.0 Å². The van der Waals surface area contributed by atoms with E-state index in [1.165, 1.54) is 4.88 Å². The zero-order valence-electron chi connectivity index (χ0n) is 19.1. The van der Waals surface area contributed by atoms with Crippen molar-refractivity contribution in [1.82, 2.24) is 0 Å². The molecule has 0 unspecified atom stereocenters. The van der Waals surface area contributed by atoms with Gasteiger partial charge in [0.25, 0.3) is 0 Å². The molecule has 0 radical (unpaired) electrons. The second-order valence-electron chi connectivity index (χ2n) is 8.86. The highest BCUT2D eigenvalue weighted by molar-refractivity contribution is 7.12. The van der Waals surface area contributed by atoms with Gasteiger partial charge in [0, 0.05) is 34.3 Å². The van der Waals surface area contributed by atoms with Gasteiger partial charge in [0.05, 0.1) is 18.8 Å². The van der Waals surface area contributed by atoms with Gasteiger partial charge in [-0.25, -0.2) is 0 Å². The summed E-state index contributed by atoms with van der Waals surface area (Å²) in [6.07, 6.45) is 7.86. The molecule has 1 aliphatic heterocycles. The third-order valence-electron chi connectivity index (χ3n) is 6.29. The van der Waals surface area contributed by atoms with Crippen LogP contribution in [0.3, 0.4) is 0 Å². The molecule has 3 N–H and O–H groups in total. The summed E-state index contributed by atoms with van der Waals surface area (Å²) in [4.78, 5) is 16.9. The number of carbonyl (C=O) groups excluding carboxylic acids is 1. The van der Waals surface area contributed by atoms with E-state index in [-0.39, 0.29) is 18.6 Å². The lowest BCUT2D eigenvalue weighted by Crippen LogP contribution is -2.32. The van der Waals surface area contributed by atoms with Crippen LogP contribution in [0, 0.1) is 0 Å². The van der Waals surface area contributed by atoms with E-state index in [0.717, 1.165) is 67.5 Å². The van der Waals surface area contributed by atoms with Gasteiger partial charge < -0.3 is 20.2 Å². The number of amides is 1. The van der Waals surface area contributed by atoms with Crippen LogP contribution >= 0.6 is 11.3 Å². The zero-order valence-corrected chi connectivity index (χ0v) is 19.9. The van der Waals surface area contributed by atoms with Crippen LogP contribution in [0.1, 0.15) is 79.7 Å². The van der Waals surface area contributed by atoms with Crippen LogP contribution in [0.25, 0.3) is 0 Å². The molecule has 2 aromatic rings. The molecular formula is C26H37NO4S. The van der Waals surface area contributed by atoms with Crippen LogP contribution in [-0.4, -0.2) is 40.0 Å². The number of unbranched alkanes of at least 4 members (excludes halogenated alkanes) is 2. The molecule has 1 aromatic heterocycles. The van der Waals surface area contributed by atoms with E-state index < -0.39 is 12.2 Å². The molecule has 0 aliphatic carbocycles. The van der Waals surface area contributed by atoms with Crippen molar-refractivity contribution in [2.75, 3.05) is 11.5 Å². The van der Waals surface area contributed by atoms with E-state index >= 15 is 0 Å². The number of benzene rings is 1. The minimum atomic E-state index is -0.691. The van der Waals surface area contributed by atoms with Crippen molar-refractivity contribution in [1.29, 1.82) is 0 Å². The summed E-state index contributed by atoms with van der Waals surface area (Å²) in [6.45, 7) is 1.95. The third kappa shape index (κ3) is 6.88. The standard InChI is InChI=1S/C26H37NO4S/c1-2-3-4-8-25(30)19-9-11-21(12-10-19)27-20(13-16-26(27)31)6-5-7-23-14-15-24(32-23)17-22(29)18-28/h9-12,14-15,20,22,25,28-30H,2-8,13,16-18H2,1H3/t20-,22+,25-/m0/s1. The molecule has 176 valence electrons. The quantitative estimate of drug-likeness (QED) is 0.377. The van der Waals surface area contributed by atoms with Gasteiger partial charge in [0.1, 0.15) is 0 Å². The highest BCUT2D eigenvalue weighted by atomic mass is 32.1. The van der Waals surface area contributed by atoms with E-state index in [1.54, 1.807) is 11.3 Å². The summed E-state index contributed by atoms with van der Waals surface area (Å²) in [7, 11) is 0. The Bertz CT molecular complexity index is 835. The molecule has 1 aromatic carbocycles. The molecule has 6 heteroatoms. The summed E-state index contributed by atoms with van der Waals surface area (Å²) >= 11 is 1.69. The maximum absolute atomic E-state index is 12.6. The van der Waals surface area contributed by atoms with Gasteiger partial charge in [-0.3, -0.25) is 4.79 Å². The monoisotopic (exact) mass is 459 g/mol. The van der Waals surface area contributed by atoms with E-state index in [4.69, 9.17) is 5.11 Å². The molecule has 2 heterocycles. The highest BCUT2D eigenvalue weighted by Crippen LogP contribution is 2.31. The number of hydrogen-bond acceptors (Lipinski definition) is 5. The van der Waals surface area contributed by atoms with E-state index in [1.807, 2.05) is 35.2 Å². The molecule has 1 saturated heterocycles. The lowest BCUT2D eigenvalue weighted by atomic mass is 10.0. The molecule has 1 aliphatic rings. The van der Waals surface area contributed by atoms with Crippen molar-refractivity contribution in [2.45, 2.75) is 89.4 Å². The number of aliphatic hydroxyl groups is 3. The number of hydrogen-bond donors (Lipinski definition) is 3. The molecular weight excluding hydrogens is 422 g/mol. The van der Waals surface area contributed by atoms with Crippen molar-refractivity contribution < 1.29 is 20.1 Å². The van der Waals surface area contributed by atoms with Crippen molar-refractivity contribution in [2.24, 2.45) is 0 Å². The number of rotatable bonds is 13. The van der Waals surface area contributed by atoms with Crippen molar-refractivity contribution in [3.8, 4) is 0 Å². The topological polar surface area (TPSA) is 81.0 Å². The van der Waals surface area contributed by atoms with Gasteiger partial charge in [-0.15, -0.1) is 11.3 Å². The van der Waals surface area contributed by atoms with Gasteiger partial charge >= 0.3 is 0 Å². The molecule has 0 saturated carbocycles. The fourth-order valence-corrected chi connectivity index (χ4v) is 5.59. The van der Waals surface area contributed by atoms with Gasteiger partial charge in [-0.05, 0) is 61.9 Å². The molecule has 1 fully saturated rings. The minimum absolute atomic E-state index is 0.183. The van der Waals surface area contributed by atoms with E-state index in [9.17, 15) is 15.0 Å². The number of aryl methyl sites for hydroxylation is 1. The molecule has 0 bridgehead atoms. The van der Waals surface area contributed by atoms with Crippen molar-refractivity contribution >= 4 is 22.9 Å². The summed E-state index contributed by atoms with van der Waals surface area (Å²) in [6, 6.07) is 12.2. The Kier molecular flexibility index (Phi) is 9.72. The largest absolute Gasteiger partial charge is 0.394 e. The molecule has 5 nitrogen and oxygen atoms in total. The number of carbonyl (C=O) groups is 1. The Morgan fingerprint density at radius 2 is 1.81 bits per heavy atom. The molecule has 3 rings (SSSR count). The first-order chi connectivity index (χ1) is 15.5. The average Bonchev–Trinajstić information content (AvgIpc) is 3.40. The Morgan fingerprint density at radius 1 is 1.06 bits per heavy atom. The average molecular weight is 460 g/mol.